The number of hydrogen-bond acceptors (Lipinski definition) is 5. The molecule has 176 valence electrons. The van der Waals surface area contributed by atoms with Gasteiger partial charge in [0, 0.05) is 45.2 Å². The Kier molecular flexibility index (Phi) is 13.9. The van der Waals surface area contributed by atoms with Crippen molar-refractivity contribution >= 4 is 35.8 Å². The molecule has 0 saturated carbocycles. The molecule has 1 unspecified atom stereocenters. The summed E-state index contributed by atoms with van der Waals surface area (Å²) in [7, 11) is 1.83. The van der Waals surface area contributed by atoms with Crippen molar-refractivity contribution in [2.24, 2.45) is 22.6 Å². The third-order valence-electron chi connectivity index (χ3n) is 6.17. The van der Waals surface area contributed by atoms with Gasteiger partial charge in [-0.3, -0.25) is 14.7 Å². The number of carbonyl (C=O) groups excluding carboxylic acids is 1. The molecule has 2 rings (SSSR count). The summed E-state index contributed by atoms with van der Waals surface area (Å²) in [4.78, 5) is 20.6. The second kappa shape index (κ2) is 15.2. The molecule has 0 aromatic rings. The topological polar surface area (TPSA) is 95.2 Å². The van der Waals surface area contributed by atoms with Gasteiger partial charge in [-0.1, -0.05) is 13.8 Å². The highest BCUT2D eigenvalue weighted by atomic mass is 127. The zero-order chi connectivity index (χ0) is 21.1. The molecule has 2 aliphatic rings. The number of nitrogens with one attached hydrogen (secondary N) is 2. The number of piperidine rings is 1. The second-order valence-corrected chi connectivity index (χ2v) is 8.56. The first-order chi connectivity index (χ1) is 14.0. The first kappa shape index (κ1) is 27.4. The van der Waals surface area contributed by atoms with E-state index in [-0.39, 0.29) is 35.8 Å². The average Bonchev–Trinajstić information content (AvgIpc) is 2.73. The van der Waals surface area contributed by atoms with Crippen LogP contribution >= 0.6 is 24.0 Å². The van der Waals surface area contributed by atoms with E-state index in [9.17, 15) is 4.79 Å². The van der Waals surface area contributed by atoms with Gasteiger partial charge in [-0.15, -0.1) is 24.0 Å². The summed E-state index contributed by atoms with van der Waals surface area (Å²) in [6.45, 7) is 13.1. The molecule has 0 aromatic carbocycles. The molecule has 0 aromatic heterocycles. The molecule has 1 atom stereocenters. The number of nitrogens with two attached hydrogens (primary N) is 1. The number of amides is 1. The number of rotatable bonds is 10. The van der Waals surface area contributed by atoms with Gasteiger partial charge >= 0.3 is 0 Å². The summed E-state index contributed by atoms with van der Waals surface area (Å²) >= 11 is 0. The van der Waals surface area contributed by atoms with Gasteiger partial charge in [0.15, 0.2) is 5.96 Å². The van der Waals surface area contributed by atoms with Crippen LogP contribution in [-0.4, -0.2) is 93.8 Å². The summed E-state index contributed by atoms with van der Waals surface area (Å²) < 4.78 is 5.49. The van der Waals surface area contributed by atoms with Crippen LogP contribution in [0.5, 0.6) is 0 Å². The Morgan fingerprint density at radius 1 is 1.13 bits per heavy atom. The van der Waals surface area contributed by atoms with Crippen molar-refractivity contribution in [3.8, 4) is 0 Å². The number of guanidine groups is 1. The third-order valence-corrected chi connectivity index (χ3v) is 6.17. The van der Waals surface area contributed by atoms with E-state index in [2.05, 4.69) is 39.3 Å². The number of aliphatic imine (C=N–C) groups is 1. The molecular formula is C21H43IN6O2. The number of ether oxygens (including phenoxy) is 1. The lowest BCUT2D eigenvalue weighted by Crippen LogP contribution is -2.52. The maximum absolute atomic E-state index is 11.2. The summed E-state index contributed by atoms with van der Waals surface area (Å²) in [6.07, 6.45) is 4.07. The largest absolute Gasteiger partial charge is 0.379 e. The maximum atomic E-state index is 11.2. The van der Waals surface area contributed by atoms with Gasteiger partial charge in [0.05, 0.1) is 13.2 Å². The van der Waals surface area contributed by atoms with Crippen molar-refractivity contribution in [1.29, 1.82) is 0 Å². The Balaban J connectivity index is 0.00000450. The predicted octanol–water partition coefficient (Wildman–Crippen LogP) is 1.10. The van der Waals surface area contributed by atoms with E-state index in [0.717, 1.165) is 90.7 Å². The fourth-order valence-corrected chi connectivity index (χ4v) is 4.23. The SMILES string of the molecule is CN=C(NCCCCN1CCC(C(N)=O)CC1)NCC(C(C)C)N1CCOCC1.I. The third kappa shape index (κ3) is 9.65. The number of nitrogens with zero attached hydrogens (tertiary/aromatic N) is 3. The van der Waals surface area contributed by atoms with Crippen LogP contribution in [0.3, 0.4) is 0 Å². The first-order valence-corrected chi connectivity index (χ1v) is 11.3. The normalized spacial score (nSPS) is 20.6. The van der Waals surface area contributed by atoms with Crippen LogP contribution in [-0.2, 0) is 9.53 Å². The smallest absolute Gasteiger partial charge is 0.220 e. The minimum Gasteiger partial charge on any atom is -0.379 e. The highest BCUT2D eigenvalue weighted by Gasteiger charge is 2.24. The van der Waals surface area contributed by atoms with E-state index < -0.39 is 0 Å². The van der Waals surface area contributed by atoms with Crippen LogP contribution in [0, 0.1) is 11.8 Å². The zero-order valence-corrected chi connectivity index (χ0v) is 21.4. The highest BCUT2D eigenvalue weighted by Crippen LogP contribution is 2.16. The molecule has 30 heavy (non-hydrogen) atoms. The van der Waals surface area contributed by atoms with Crippen LogP contribution in [0.4, 0.5) is 0 Å². The molecule has 2 fully saturated rings. The van der Waals surface area contributed by atoms with Gasteiger partial charge in [-0.25, -0.2) is 0 Å². The summed E-state index contributed by atoms with van der Waals surface area (Å²) in [5, 5.41) is 6.95. The molecule has 9 heteroatoms. The number of unbranched alkanes of at least 4 members (excludes halogenated alkanes) is 1. The van der Waals surface area contributed by atoms with Gasteiger partial charge < -0.3 is 26.0 Å². The number of primary amides is 1. The molecule has 8 nitrogen and oxygen atoms in total. The van der Waals surface area contributed by atoms with Crippen LogP contribution in [0.25, 0.3) is 0 Å². The van der Waals surface area contributed by atoms with E-state index in [1.807, 2.05) is 7.05 Å². The fraction of sp³-hybridized carbons (Fsp3) is 0.905. The second-order valence-electron chi connectivity index (χ2n) is 8.56. The minimum absolute atomic E-state index is 0. The Hall–Kier alpha value is -0.650. The van der Waals surface area contributed by atoms with Gasteiger partial charge in [0.1, 0.15) is 0 Å². The fourth-order valence-electron chi connectivity index (χ4n) is 4.23. The molecule has 0 bridgehead atoms. The van der Waals surface area contributed by atoms with E-state index >= 15 is 0 Å². The summed E-state index contributed by atoms with van der Waals surface area (Å²) in [6, 6.07) is 0.487. The van der Waals surface area contributed by atoms with E-state index in [0.29, 0.717) is 12.0 Å². The predicted molar refractivity (Wildman–Crippen MR) is 133 cm³/mol. The Morgan fingerprint density at radius 2 is 1.80 bits per heavy atom. The molecule has 4 N–H and O–H groups in total. The lowest BCUT2D eigenvalue weighted by molar-refractivity contribution is -0.123. The number of morpholine rings is 1. The minimum atomic E-state index is -0.138. The van der Waals surface area contributed by atoms with Crippen molar-refractivity contribution in [3.05, 3.63) is 0 Å². The molecule has 2 aliphatic heterocycles. The molecule has 2 saturated heterocycles. The molecule has 0 spiro atoms. The van der Waals surface area contributed by atoms with Crippen LogP contribution in [0.1, 0.15) is 39.5 Å². The standard InChI is InChI=1S/C21H42N6O2.HI/c1-17(2)19(27-12-14-29-15-13-27)16-25-21(23-3)24-8-4-5-9-26-10-6-18(7-11-26)20(22)28;/h17-19H,4-16H2,1-3H3,(H2,22,28)(H2,23,24,25);1H. The lowest BCUT2D eigenvalue weighted by atomic mass is 9.96. The van der Waals surface area contributed by atoms with Crippen molar-refractivity contribution < 1.29 is 9.53 Å². The number of carbonyl (C=O) groups is 1. The van der Waals surface area contributed by atoms with Crippen molar-refractivity contribution in [3.63, 3.8) is 0 Å². The summed E-state index contributed by atoms with van der Waals surface area (Å²) in [5.74, 6) is 1.40. The van der Waals surface area contributed by atoms with E-state index in [1.165, 1.54) is 0 Å². The van der Waals surface area contributed by atoms with Gasteiger partial charge in [-0.2, -0.15) is 0 Å². The average molecular weight is 539 g/mol. The Morgan fingerprint density at radius 3 is 2.37 bits per heavy atom. The Bertz CT molecular complexity index is 506. The van der Waals surface area contributed by atoms with E-state index in [4.69, 9.17) is 10.5 Å². The molecule has 0 radical (unpaired) electrons. The van der Waals surface area contributed by atoms with Gasteiger partial charge in [0.2, 0.25) is 5.91 Å². The Labute approximate surface area is 199 Å². The van der Waals surface area contributed by atoms with Crippen LogP contribution < -0.4 is 16.4 Å². The van der Waals surface area contributed by atoms with E-state index in [1.54, 1.807) is 0 Å². The molecule has 2 heterocycles. The van der Waals surface area contributed by atoms with Gasteiger partial charge in [-0.05, 0) is 51.2 Å². The van der Waals surface area contributed by atoms with Crippen molar-refractivity contribution in [1.82, 2.24) is 20.4 Å². The number of halogens is 1. The van der Waals surface area contributed by atoms with Crippen LogP contribution in [0.15, 0.2) is 4.99 Å². The lowest BCUT2D eigenvalue weighted by Gasteiger charge is -2.37. The number of hydrogen-bond donors (Lipinski definition) is 3. The first-order valence-electron chi connectivity index (χ1n) is 11.3. The molecular weight excluding hydrogens is 495 g/mol. The van der Waals surface area contributed by atoms with Gasteiger partial charge in [0.25, 0.3) is 0 Å². The highest BCUT2D eigenvalue weighted by molar-refractivity contribution is 14.0. The monoisotopic (exact) mass is 538 g/mol. The van der Waals surface area contributed by atoms with Crippen LogP contribution in [0.2, 0.25) is 0 Å². The quantitative estimate of drug-likeness (QED) is 0.167. The van der Waals surface area contributed by atoms with Crippen molar-refractivity contribution in [2.45, 2.75) is 45.6 Å². The van der Waals surface area contributed by atoms with Crippen molar-refractivity contribution in [2.75, 3.05) is 66.1 Å². The zero-order valence-electron chi connectivity index (χ0n) is 19.1. The molecule has 1 amide bonds. The number of likely N-dealkylation sites (tertiary alicyclic amines) is 1. The molecule has 0 aliphatic carbocycles. The maximum Gasteiger partial charge on any atom is 0.220 e. The summed E-state index contributed by atoms with van der Waals surface area (Å²) in [5.41, 5.74) is 5.40.